The van der Waals surface area contributed by atoms with E-state index in [1.54, 1.807) is 24.4 Å². The molecule has 3 rings (SSSR count). The molecule has 45 heavy (non-hydrogen) atoms. The summed E-state index contributed by atoms with van der Waals surface area (Å²) >= 11 is 0. The maximum absolute atomic E-state index is 14.2. The minimum atomic E-state index is -2.45. The molecular weight excluding hydrogens is 601 g/mol. The van der Waals surface area contributed by atoms with Crippen molar-refractivity contribution in [2.24, 2.45) is 0 Å². The highest BCUT2D eigenvalue weighted by Crippen LogP contribution is 2.29. The molecule has 0 aliphatic rings. The average Bonchev–Trinajstić information content (AvgIpc) is 3.42. The molecule has 13 heteroatoms. The molecule has 1 heterocycles. The lowest BCUT2D eigenvalue weighted by Gasteiger charge is -2.22. The number of Topliss-reactive ketones (excluding diaryl/α,β-unsaturated/α-hetero) is 1. The molecule has 1 aromatic heterocycles. The molecule has 0 fully saturated rings. The minimum absolute atomic E-state index is 0.0436. The fourth-order valence-electron chi connectivity index (χ4n) is 4.84. The van der Waals surface area contributed by atoms with Gasteiger partial charge in [-0.2, -0.15) is 8.78 Å². The van der Waals surface area contributed by atoms with Crippen molar-refractivity contribution in [3.05, 3.63) is 65.1 Å². The fraction of sp³-hybridized carbons (Fsp3) is 0.438. The molecule has 0 bridgehead atoms. The first-order chi connectivity index (χ1) is 21.4. The number of ether oxygens (including phenoxy) is 1. The Morgan fingerprint density at radius 2 is 1.40 bits per heavy atom. The van der Waals surface area contributed by atoms with Gasteiger partial charge in [-0.25, -0.2) is 18.0 Å². The van der Waals surface area contributed by atoms with Gasteiger partial charge in [0, 0.05) is 36.4 Å². The molecule has 2 amide bonds. The number of carbonyl (C=O) groups excluding carboxylic acids is 4. The zero-order chi connectivity index (χ0) is 33.1. The number of esters is 1. The number of nitrogens with one attached hydrogen (secondary N) is 3. The summed E-state index contributed by atoms with van der Waals surface area (Å²) in [5.74, 6) is -17.5. The third-order valence-electron chi connectivity index (χ3n) is 7.22. The molecular formula is C32H36F5N3O5. The van der Waals surface area contributed by atoms with Crippen LogP contribution in [0.25, 0.3) is 10.9 Å². The Labute approximate surface area is 257 Å². The lowest BCUT2D eigenvalue weighted by atomic mass is 10.0. The zero-order valence-electron chi connectivity index (χ0n) is 25.0. The van der Waals surface area contributed by atoms with Gasteiger partial charge in [-0.1, -0.05) is 63.6 Å². The van der Waals surface area contributed by atoms with Gasteiger partial charge in [0.1, 0.15) is 17.9 Å². The summed E-state index contributed by atoms with van der Waals surface area (Å²) in [5, 5.41) is 5.67. The van der Waals surface area contributed by atoms with Gasteiger partial charge in [-0.3, -0.25) is 14.4 Å². The molecule has 0 saturated heterocycles. The minimum Gasteiger partial charge on any atom is -0.418 e. The lowest BCUT2D eigenvalue weighted by molar-refractivity contribution is -0.141. The Hall–Kier alpha value is -4.29. The van der Waals surface area contributed by atoms with E-state index in [1.165, 1.54) is 0 Å². The summed E-state index contributed by atoms with van der Waals surface area (Å²) in [6.45, 7) is 3.17. The molecule has 8 nitrogen and oxygen atoms in total. The van der Waals surface area contributed by atoms with Crippen LogP contribution >= 0.6 is 0 Å². The van der Waals surface area contributed by atoms with Crippen molar-refractivity contribution in [3.8, 4) is 5.75 Å². The van der Waals surface area contributed by atoms with Crippen LogP contribution in [0.5, 0.6) is 5.75 Å². The summed E-state index contributed by atoms with van der Waals surface area (Å²) in [6, 6.07) is 4.06. The number of fused-ring (bicyclic) bond motifs is 1. The number of benzene rings is 2. The second kappa shape index (κ2) is 16.7. The van der Waals surface area contributed by atoms with E-state index < -0.39 is 76.9 Å². The smallest absolute Gasteiger partial charge is 0.334 e. The Balaban J connectivity index is 1.79. The number of ketones is 1. The number of carbonyl (C=O) groups is 4. The Morgan fingerprint density at radius 3 is 2.04 bits per heavy atom. The van der Waals surface area contributed by atoms with Crippen molar-refractivity contribution < 1.29 is 45.9 Å². The molecule has 2 atom stereocenters. The molecule has 0 radical (unpaired) electrons. The van der Waals surface area contributed by atoms with Crippen molar-refractivity contribution in [2.45, 2.75) is 90.1 Å². The van der Waals surface area contributed by atoms with E-state index in [2.05, 4.69) is 27.3 Å². The predicted octanol–water partition coefficient (Wildman–Crippen LogP) is 6.10. The third-order valence-corrected chi connectivity index (χ3v) is 7.22. The van der Waals surface area contributed by atoms with Gasteiger partial charge in [0.25, 0.3) is 0 Å². The van der Waals surface area contributed by atoms with Crippen LogP contribution in [-0.2, 0) is 25.6 Å². The van der Waals surface area contributed by atoms with Crippen molar-refractivity contribution in [1.29, 1.82) is 0 Å². The van der Waals surface area contributed by atoms with E-state index in [-0.39, 0.29) is 12.8 Å². The second-order valence-corrected chi connectivity index (χ2v) is 10.8. The third kappa shape index (κ3) is 9.60. The zero-order valence-corrected chi connectivity index (χ0v) is 25.0. The SMILES string of the molecule is CCCCCCCCCC(=O)N[C@H](Cc1c[nH]c2ccccc12)C(=O)N[C@@H](CC(C)=O)C(=O)Oc1c(F)c(F)c(F)c(F)c1F. The summed E-state index contributed by atoms with van der Waals surface area (Å²) in [5.41, 5.74) is 1.41. The highest BCUT2D eigenvalue weighted by atomic mass is 19.2. The van der Waals surface area contributed by atoms with Gasteiger partial charge in [-0.15, -0.1) is 0 Å². The lowest BCUT2D eigenvalue weighted by Crippen LogP contribution is -2.53. The Bertz CT molecular complexity index is 1500. The summed E-state index contributed by atoms with van der Waals surface area (Å²) in [6.07, 6.45) is 7.80. The number of aromatic amines is 1. The summed E-state index contributed by atoms with van der Waals surface area (Å²) < 4.78 is 73.6. The normalized spacial score (nSPS) is 12.5. The molecule has 244 valence electrons. The van der Waals surface area contributed by atoms with Gasteiger partial charge in [0.15, 0.2) is 0 Å². The number of para-hydroxylation sites is 1. The Kier molecular flexibility index (Phi) is 13.1. The van der Waals surface area contributed by atoms with Crippen molar-refractivity contribution in [1.82, 2.24) is 15.6 Å². The number of amides is 2. The molecule has 0 aliphatic heterocycles. The van der Waals surface area contributed by atoms with E-state index in [9.17, 15) is 41.1 Å². The molecule has 0 saturated carbocycles. The molecule has 3 aromatic rings. The van der Waals surface area contributed by atoms with Crippen LogP contribution in [0, 0.1) is 29.1 Å². The van der Waals surface area contributed by atoms with Crippen molar-refractivity contribution >= 4 is 34.5 Å². The molecule has 2 aromatic carbocycles. The molecule has 3 N–H and O–H groups in total. The molecule has 0 spiro atoms. The Morgan fingerprint density at radius 1 is 0.800 bits per heavy atom. The fourth-order valence-corrected chi connectivity index (χ4v) is 4.84. The van der Waals surface area contributed by atoms with Crippen LogP contribution in [0.3, 0.4) is 0 Å². The van der Waals surface area contributed by atoms with Crippen LogP contribution in [0.15, 0.2) is 30.5 Å². The maximum Gasteiger partial charge on any atom is 0.334 e. The first-order valence-electron chi connectivity index (χ1n) is 14.8. The summed E-state index contributed by atoms with van der Waals surface area (Å²) in [4.78, 5) is 54.2. The quantitative estimate of drug-likeness (QED) is 0.0413. The van der Waals surface area contributed by atoms with E-state index in [4.69, 9.17) is 0 Å². The van der Waals surface area contributed by atoms with Gasteiger partial charge < -0.3 is 20.4 Å². The number of hydrogen-bond acceptors (Lipinski definition) is 5. The highest BCUT2D eigenvalue weighted by Gasteiger charge is 2.33. The number of aromatic nitrogens is 1. The number of unbranched alkanes of at least 4 members (excludes halogenated alkanes) is 6. The van der Waals surface area contributed by atoms with E-state index in [1.807, 2.05) is 6.07 Å². The number of H-pyrrole nitrogens is 1. The van der Waals surface area contributed by atoms with E-state index in [0.717, 1.165) is 56.4 Å². The first-order valence-corrected chi connectivity index (χ1v) is 14.8. The molecule has 0 aliphatic carbocycles. The highest BCUT2D eigenvalue weighted by molar-refractivity contribution is 5.94. The van der Waals surface area contributed by atoms with Crippen LogP contribution in [0.1, 0.15) is 77.2 Å². The maximum atomic E-state index is 14.2. The van der Waals surface area contributed by atoms with Crippen molar-refractivity contribution in [3.63, 3.8) is 0 Å². The van der Waals surface area contributed by atoms with Crippen LogP contribution in [-0.4, -0.2) is 40.6 Å². The first kappa shape index (κ1) is 35.2. The number of hydrogen-bond donors (Lipinski definition) is 3. The van der Waals surface area contributed by atoms with Gasteiger partial charge in [0.05, 0.1) is 0 Å². The van der Waals surface area contributed by atoms with E-state index in [0.29, 0.717) is 12.0 Å². The van der Waals surface area contributed by atoms with Gasteiger partial charge >= 0.3 is 5.97 Å². The standard InChI is InChI=1S/C32H36F5N3O5/c1-3-4-5-6-7-8-9-14-24(42)39-22(16-19-17-38-21-13-11-10-12-20(19)21)31(43)40-23(15-18(2)41)32(44)45-30-28(36)26(34)25(33)27(35)29(30)37/h10-13,17,22-23,38H,3-9,14-16H2,1-2H3,(H,39,42)(H,40,43)/t22-,23+/m1/s1. The van der Waals surface area contributed by atoms with Crippen LogP contribution in [0.4, 0.5) is 22.0 Å². The van der Waals surface area contributed by atoms with Crippen LogP contribution in [0.2, 0.25) is 0 Å². The average molecular weight is 638 g/mol. The predicted molar refractivity (Wildman–Crippen MR) is 156 cm³/mol. The van der Waals surface area contributed by atoms with Crippen molar-refractivity contribution in [2.75, 3.05) is 0 Å². The van der Waals surface area contributed by atoms with Crippen LogP contribution < -0.4 is 15.4 Å². The number of rotatable bonds is 17. The topological polar surface area (TPSA) is 117 Å². The number of halogens is 5. The van der Waals surface area contributed by atoms with Gasteiger partial charge in [-0.05, 0) is 25.0 Å². The summed E-state index contributed by atoms with van der Waals surface area (Å²) in [7, 11) is 0. The van der Waals surface area contributed by atoms with Gasteiger partial charge in [0.2, 0.25) is 46.6 Å². The monoisotopic (exact) mass is 637 g/mol. The molecule has 0 unspecified atom stereocenters. The second-order valence-electron chi connectivity index (χ2n) is 10.8. The van der Waals surface area contributed by atoms with E-state index >= 15 is 0 Å². The largest absolute Gasteiger partial charge is 0.418 e.